The van der Waals surface area contributed by atoms with E-state index in [0.29, 0.717) is 5.88 Å². The number of carbonyl (C=O) groups is 1. The number of carbonyl (C=O) groups excluding carboxylic acids is 1. The normalized spacial score (nSPS) is 20.9. The third-order valence-electron chi connectivity index (χ3n) is 4.57. The molecule has 20 heavy (non-hydrogen) atoms. The van der Waals surface area contributed by atoms with Crippen molar-refractivity contribution in [2.45, 2.75) is 51.5 Å². The zero-order valence-electron chi connectivity index (χ0n) is 12.4. The molecule has 110 valence electrons. The molecule has 0 saturated heterocycles. The summed E-state index contributed by atoms with van der Waals surface area (Å²) in [5.74, 6) is 0.517. The van der Waals surface area contributed by atoms with Crippen molar-refractivity contribution in [3.63, 3.8) is 0 Å². The molecule has 0 bridgehead atoms. The minimum absolute atomic E-state index is 0.143. The molecule has 0 radical (unpaired) electrons. The first-order chi connectivity index (χ1) is 9.50. The molecule has 1 N–H and O–H groups in total. The van der Waals surface area contributed by atoms with E-state index < -0.39 is 5.54 Å². The Morgan fingerprint density at radius 2 is 1.85 bits per heavy atom. The van der Waals surface area contributed by atoms with Gasteiger partial charge in [-0.15, -0.1) is 11.6 Å². The van der Waals surface area contributed by atoms with Gasteiger partial charge in [0.25, 0.3) is 0 Å². The van der Waals surface area contributed by atoms with Gasteiger partial charge in [0.15, 0.2) is 0 Å². The van der Waals surface area contributed by atoms with E-state index in [1.54, 1.807) is 0 Å². The topological polar surface area (TPSA) is 29.1 Å². The first-order valence-electron chi connectivity index (χ1n) is 7.44. The summed E-state index contributed by atoms with van der Waals surface area (Å²) >= 11 is 6.16. The molecule has 3 heteroatoms. The van der Waals surface area contributed by atoms with E-state index in [1.807, 2.05) is 37.3 Å². The maximum Gasteiger partial charge on any atom is 0.226 e. The van der Waals surface area contributed by atoms with Gasteiger partial charge in [0.05, 0.1) is 5.54 Å². The van der Waals surface area contributed by atoms with E-state index in [-0.39, 0.29) is 11.3 Å². The summed E-state index contributed by atoms with van der Waals surface area (Å²) < 4.78 is 0. The van der Waals surface area contributed by atoms with E-state index in [9.17, 15) is 4.79 Å². The molecule has 2 nitrogen and oxygen atoms in total. The molecule has 1 fully saturated rings. The van der Waals surface area contributed by atoms with Crippen molar-refractivity contribution in [2.24, 2.45) is 5.41 Å². The Bertz CT molecular complexity index is 453. The van der Waals surface area contributed by atoms with Crippen molar-refractivity contribution in [3.05, 3.63) is 35.9 Å². The van der Waals surface area contributed by atoms with E-state index in [1.165, 1.54) is 6.42 Å². The van der Waals surface area contributed by atoms with Gasteiger partial charge in [0.1, 0.15) is 0 Å². The summed E-state index contributed by atoms with van der Waals surface area (Å²) in [5, 5.41) is 3.20. The number of amides is 1. The Morgan fingerprint density at radius 3 is 2.40 bits per heavy atom. The smallest absolute Gasteiger partial charge is 0.226 e. The highest BCUT2D eigenvalue weighted by molar-refractivity contribution is 6.18. The minimum Gasteiger partial charge on any atom is -0.345 e. The fraction of sp³-hybridized carbons (Fsp3) is 0.588. The molecule has 0 spiro atoms. The van der Waals surface area contributed by atoms with Gasteiger partial charge in [-0.1, -0.05) is 56.5 Å². The first kappa shape index (κ1) is 15.4. The van der Waals surface area contributed by atoms with Crippen LogP contribution in [-0.4, -0.2) is 11.8 Å². The molecule has 1 saturated carbocycles. The molecule has 1 aliphatic rings. The maximum absolute atomic E-state index is 12.7. The lowest BCUT2D eigenvalue weighted by atomic mass is 9.74. The minimum atomic E-state index is -0.500. The summed E-state index contributed by atoms with van der Waals surface area (Å²) in [6.45, 7) is 4.08. The van der Waals surface area contributed by atoms with Crippen molar-refractivity contribution in [3.8, 4) is 0 Å². The number of halogens is 1. The second-order valence-corrected chi connectivity index (χ2v) is 6.67. The van der Waals surface area contributed by atoms with Crippen LogP contribution in [0.1, 0.15) is 51.5 Å². The molecule has 1 aromatic carbocycles. The van der Waals surface area contributed by atoms with Gasteiger partial charge in [0.2, 0.25) is 5.91 Å². The number of hydrogen-bond donors (Lipinski definition) is 1. The lowest BCUT2D eigenvalue weighted by Gasteiger charge is -2.37. The largest absolute Gasteiger partial charge is 0.345 e. The predicted molar refractivity (Wildman–Crippen MR) is 83.8 cm³/mol. The second kappa shape index (κ2) is 6.17. The molecule has 1 amide bonds. The zero-order valence-corrected chi connectivity index (χ0v) is 13.2. The van der Waals surface area contributed by atoms with Gasteiger partial charge >= 0.3 is 0 Å². The summed E-state index contributed by atoms with van der Waals surface area (Å²) in [6.07, 6.45) is 5.49. The van der Waals surface area contributed by atoms with E-state index >= 15 is 0 Å². The highest BCUT2D eigenvalue weighted by Gasteiger charge is 2.38. The first-order valence-corrected chi connectivity index (χ1v) is 7.98. The van der Waals surface area contributed by atoms with Gasteiger partial charge in [-0.05, 0) is 25.3 Å². The van der Waals surface area contributed by atoms with Crippen LogP contribution in [0.5, 0.6) is 0 Å². The Balaban J connectivity index is 2.15. The van der Waals surface area contributed by atoms with Crippen molar-refractivity contribution < 1.29 is 4.79 Å². The van der Waals surface area contributed by atoms with Crippen molar-refractivity contribution in [1.29, 1.82) is 0 Å². The lowest BCUT2D eigenvalue weighted by molar-refractivity contribution is -0.133. The zero-order chi connectivity index (χ0) is 14.6. The third-order valence-corrected chi connectivity index (χ3v) is 5.11. The number of benzene rings is 1. The number of alkyl halides is 1. The van der Waals surface area contributed by atoms with Gasteiger partial charge < -0.3 is 5.32 Å². The standard InChI is InChI=1S/C17H24ClNO/c1-16(11-7-4-8-12-16)15(20)19-17(2,13-18)14-9-5-3-6-10-14/h3,5-6,9-10H,4,7-8,11-13H2,1-2H3,(H,19,20). The molecule has 1 aliphatic carbocycles. The number of rotatable bonds is 4. The number of nitrogens with one attached hydrogen (secondary N) is 1. The molecule has 0 aliphatic heterocycles. The molecule has 2 rings (SSSR count). The maximum atomic E-state index is 12.7. The predicted octanol–water partition coefficient (Wildman–Crippen LogP) is 4.23. The average molecular weight is 294 g/mol. The quantitative estimate of drug-likeness (QED) is 0.827. The average Bonchev–Trinajstić information content (AvgIpc) is 2.48. The van der Waals surface area contributed by atoms with Crippen LogP contribution < -0.4 is 5.32 Å². The van der Waals surface area contributed by atoms with Crippen LogP contribution in [-0.2, 0) is 10.3 Å². The Morgan fingerprint density at radius 1 is 1.25 bits per heavy atom. The van der Waals surface area contributed by atoms with Crippen molar-refractivity contribution in [1.82, 2.24) is 5.32 Å². The van der Waals surface area contributed by atoms with Crippen molar-refractivity contribution >= 4 is 17.5 Å². The fourth-order valence-electron chi connectivity index (χ4n) is 2.95. The number of hydrogen-bond acceptors (Lipinski definition) is 1. The molecular weight excluding hydrogens is 270 g/mol. The van der Waals surface area contributed by atoms with Crippen LogP contribution >= 0.6 is 11.6 Å². The molecule has 1 atom stereocenters. The van der Waals surface area contributed by atoms with Gasteiger partial charge in [-0.25, -0.2) is 0 Å². The molecule has 1 aromatic rings. The van der Waals surface area contributed by atoms with E-state index in [4.69, 9.17) is 11.6 Å². The molecule has 1 unspecified atom stereocenters. The van der Waals surface area contributed by atoms with Crippen LogP contribution in [0.3, 0.4) is 0 Å². The molecular formula is C17H24ClNO. The second-order valence-electron chi connectivity index (χ2n) is 6.41. The SMILES string of the molecule is CC1(C(=O)NC(C)(CCl)c2ccccc2)CCCCC1. The Labute approximate surface area is 126 Å². The van der Waals surface area contributed by atoms with Crippen LogP contribution in [0.15, 0.2) is 30.3 Å². The summed E-state index contributed by atoms with van der Waals surface area (Å²) in [6, 6.07) is 9.98. The fourth-order valence-corrected chi connectivity index (χ4v) is 3.17. The van der Waals surface area contributed by atoms with E-state index in [0.717, 1.165) is 31.2 Å². The molecule has 0 heterocycles. The highest BCUT2D eigenvalue weighted by atomic mass is 35.5. The van der Waals surface area contributed by atoms with Crippen LogP contribution in [0.25, 0.3) is 0 Å². The Kier molecular flexibility index (Phi) is 4.74. The van der Waals surface area contributed by atoms with Gasteiger partial charge in [0, 0.05) is 11.3 Å². The summed E-state index contributed by atoms with van der Waals surface area (Å²) in [7, 11) is 0. The summed E-state index contributed by atoms with van der Waals surface area (Å²) in [4.78, 5) is 12.7. The van der Waals surface area contributed by atoms with Crippen molar-refractivity contribution in [2.75, 3.05) is 5.88 Å². The van der Waals surface area contributed by atoms with Gasteiger partial charge in [-0.2, -0.15) is 0 Å². The highest BCUT2D eigenvalue weighted by Crippen LogP contribution is 2.37. The van der Waals surface area contributed by atoms with Crippen LogP contribution in [0, 0.1) is 5.41 Å². The Hall–Kier alpha value is -1.02. The monoisotopic (exact) mass is 293 g/mol. The van der Waals surface area contributed by atoms with Crippen LogP contribution in [0.4, 0.5) is 0 Å². The third kappa shape index (κ3) is 3.17. The van der Waals surface area contributed by atoms with Crippen LogP contribution in [0.2, 0.25) is 0 Å². The summed E-state index contributed by atoms with van der Waals surface area (Å²) in [5.41, 5.74) is 0.323. The lowest BCUT2D eigenvalue weighted by Crippen LogP contribution is -2.51. The van der Waals surface area contributed by atoms with E-state index in [2.05, 4.69) is 12.2 Å². The molecule has 0 aromatic heterocycles. The van der Waals surface area contributed by atoms with Gasteiger partial charge in [-0.3, -0.25) is 4.79 Å².